The summed E-state index contributed by atoms with van der Waals surface area (Å²) in [5, 5.41) is 21.7. The van der Waals surface area contributed by atoms with Gasteiger partial charge in [-0.05, 0) is 35.9 Å². The van der Waals surface area contributed by atoms with Gasteiger partial charge in [0.25, 0.3) is 5.91 Å². The van der Waals surface area contributed by atoms with Crippen molar-refractivity contribution in [3.05, 3.63) is 63.6 Å². The fourth-order valence-electron chi connectivity index (χ4n) is 2.76. The van der Waals surface area contributed by atoms with Gasteiger partial charge in [0.15, 0.2) is 11.5 Å². The van der Waals surface area contributed by atoms with Gasteiger partial charge < -0.3 is 14.2 Å². The largest absolute Gasteiger partial charge is 0.493 e. The molecule has 1 N–H and O–H groups in total. The summed E-state index contributed by atoms with van der Waals surface area (Å²) in [6.45, 7) is 4.53. The number of ether oxygens (including phenoxy) is 3. The molecule has 3 aromatic rings. The molecule has 3 rings (SSSR count). The standard InChI is InChI=1S/C24H23ClN4O4S/c1-15(2)23-28-29-24(34-23)27-22(30)17(14-26)12-16-8-9-20(21(13-16)31-3)33-11-10-32-19-7-5-4-6-18(19)25/h4-9,12-13,15H,10-11H2,1-3H3,(H,27,29,30). The number of methoxy groups -OCH3 is 1. The summed E-state index contributed by atoms with van der Waals surface area (Å²) in [7, 11) is 1.51. The topological polar surface area (TPSA) is 106 Å². The Bertz CT molecular complexity index is 1220. The number of nitriles is 1. The maximum absolute atomic E-state index is 12.5. The fraction of sp³-hybridized carbons (Fsp3) is 0.250. The highest BCUT2D eigenvalue weighted by Gasteiger charge is 2.15. The molecule has 0 aliphatic heterocycles. The number of carbonyl (C=O) groups excluding carboxylic acids is 1. The Kier molecular flexibility index (Phi) is 8.85. The highest BCUT2D eigenvalue weighted by atomic mass is 35.5. The Labute approximate surface area is 206 Å². The second-order valence-corrected chi connectivity index (χ2v) is 8.68. The van der Waals surface area contributed by atoms with Gasteiger partial charge in [-0.1, -0.05) is 55.0 Å². The molecule has 34 heavy (non-hydrogen) atoms. The van der Waals surface area contributed by atoms with Crippen LogP contribution < -0.4 is 19.5 Å². The number of nitrogens with zero attached hydrogens (tertiary/aromatic N) is 3. The van der Waals surface area contributed by atoms with Gasteiger partial charge in [-0.25, -0.2) is 0 Å². The number of amides is 1. The second-order valence-electron chi connectivity index (χ2n) is 7.26. The molecule has 0 bridgehead atoms. The van der Waals surface area contributed by atoms with Crippen LogP contribution in [-0.4, -0.2) is 36.4 Å². The predicted molar refractivity (Wildman–Crippen MR) is 132 cm³/mol. The van der Waals surface area contributed by atoms with E-state index in [2.05, 4.69) is 15.5 Å². The summed E-state index contributed by atoms with van der Waals surface area (Å²) in [5.41, 5.74) is 0.522. The lowest BCUT2D eigenvalue weighted by atomic mass is 10.1. The maximum atomic E-state index is 12.5. The zero-order chi connectivity index (χ0) is 24.5. The molecule has 0 saturated heterocycles. The highest BCUT2D eigenvalue weighted by Crippen LogP contribution is 2.29. The molecule has 1 amide bonds. The zero-order valence-electron chi connectivity index (χ0n) is 18.9. The summed E-state index contributed by atoms with van der Waals surface area (Å²) >= 11 is 7.35. The first-order valence-corrected chi connectivity index (χ1v) is 11.6. The van der Waals surface area contributed by atoms with E-state index in [0.29, 0.717) is 33.0 Å². The summed E-state index contributed by atoms with van der Waals surface area (Å²) in [6, 6.07) is 14.2. The van der Waals surface area contributed by atoms with Gasteiger partial charge >= 0.3 is 0 Å². The van der Waals surface area contributed by atoms with Gasteiger partial charge in [0.2, 0.25) is 5.13 Å². The van der Waals surface area contributed by atoms with Gasteiger partial charge in [-0.15, -0.1) is 10.2 Å². The number of aromatic nitrogens is 2. The molecule has 176 valence electrons. The lowest BCUT2D eigenvalue weighted by Crippen LogP contribution is -2.13. The first-order chi connectivity index (χ1) is 16.4. The van der Waals surface area contributed by atoms with E-state index in [0.717, 1.165) is 5.01 Å². The van der Waals surface area contributed by atoms with E-state index in [4.69, 9.17) is 25.8 Å². The van der Waals surface area contributed by atoms with Crippen LogP contribution in [0.3, 0.4) is 0 Å². The van der Waals surface area contributed by atoms with Crippen molar-refractivity contribution in [2.75, 3.05) is 25.6 Å². The number of para-hydroxylation sites is 1. The van der Waals surface area contributed by atoms with Crippen molar-refractivity contribution in [1.82, 2.24) is 10.2 Å². The molecule has 0 fully saturated rings. The van der Waals surface area contributed by atoms with E-state index in [1.807, 2.05) is 32.0 Å². The molecule has 0 aliphatic rings. The first kappa shape index (κ1) is 25.0. The van der Waals surface area contributed by atoms with Crippen LogP contribution in [0.15, 0.2) is 48.0 Å². The van der Waals surface area contributed by atoms with Gasteiger partial charge in [0.05, 0.1) is 12.1 Å². The fourth-order valence-corrected chi connectivity index (χ4v) is 3.69. The molecule has 0 radical (unpaired) electrons. The van der Waals surface area contributed by atoms with Crippen molar-refractivity contribution < 1.29 is 19.0 Å². The lowest BCUT2D eigenvalue weighted by molar-refractivity contribution is -0.112. The molecular weight excluding hydrogens is 476 g/mol. The number of nitrogens with one attached hydrogen (secondary N) is 1. The van der Waals surface area contributed by atoms with Crippen molar-refractivity contribution in [3.63, 3.8) is 0 Å². The van der Waals surface area contributed by atoms with Crippen molar-refractivity contribution in [2.24, 2.45) is 0 Å². The molecule has 1 aromatic heterocycles. The van der Waals surface area contributed by atoms with E-state index in [9.17, 15) is 10.1 Å². The number of rotatable bonds is 10. The zero-order valence-corrected chi connectivity index (χ0v) is 20.4. The number of halogens is 1. The molecular formula is C24H23ClN4O4S. The van der Waals surface area contributed by atoms with Crippen molar-refractivity contribution in [2.45, 2.75) is 19.8 Å². The molecule has 0 atom stereocenters. The number of benzene rings is 2. The third-order valence-corrected chi connectivity index (χ3v) is 5.91. The average Bonchev–Trinajstić information content (AvgIpc) is 3.30. The third-order valence-electron chi connectivity index (χ3n) is 4.45. The van der Waals surface area contributed by atoms with Gasteiger partial charge in [-0.2, -0.15) is 5.26 Å². The van der Waals surface area contributed by atoms with Crippen LogP contribution in [0.5, 0.6) is 17.2 Å². The molecule has 2 aromatic carbocycles. The van der Waals surface area contributed by atoms with E-state index in [-0.39, 0.29) is 24.7 Å². The Morgan fingerprint density at radius 3 is 2.53 bits per heavy atom. The Balaban J connectivity index is 1.63. The Hall–Kier alpha value is -3.61. The smallest absolute Gasteiger partial charge is 0.268 e. The van der Waals surface area contributed by atoms with Crippen LogP contribution >= 0.6 is 22.9 Å². The molecule has 10 heteroatoms. The van der Waals surface area contributed by atoms with E-state index >= 15 is 0 Å². The van der Waals surface area contributed by atoms with Gasteiger partial charge in [-0.3, -0.25) is 10.1 Å². The molecule has 0 spiro atoms. The van der Waals surface area contributed by atoms with E-state index in [1.165, 1.54) is 24.5 Å². The van der Waals surface area contributed by atoms with Crippen LogP contribution in [0.1, 0.15) is 30.3 Å². The Morgan fingerprint density at radius 2 is 1.88 bits per heavy atom. The molecule has 0 saturated carbocycles. The van der Waals surface area contributed by atoms with Gasteiger partial charge in [0, 0.05) is 5.92 Å². The van der Waals surface area contributed by atoms with Crippen LogP contribution in [0.4, 0.5) is 5.13 Å². The highest BCUT2D eigenvalue weighted by molar-refractivity contribution is 7.15. The van der Waals surface area contributed by atoms with Crippen LogP contribution in [0, 0.1) is 11.3 Å². The number of carbonyl (C=O) groups is 1. The SMILES string of the molecule is COc1cc(C=C(C#N)C(=O)Nc2nnc(C(C)C)s2)ccc1OCCOc1ccccc1Cl. The summed E-state index contributed by atoms with van der Waals surface area (Å²) in [5.74, 6) is 1.17. The van der Waals surface area contributed by atoms with Crippen LogP contribution in [0.2, 0.25) is 5.02 Å². The van der Waals surface area contributed by atoms with Crippen molar-refractivity contribution in [3.8, 4) is 23.3 Å². The minimum Gasteiger partial charge on any atom is -0.493 e. The maximum Gasteiger partial charge on any atom is 0.268 e. The summed E-state index contributed by atoms with van der Waals surface area (Å²) < 4.78 is 16.8. The Morgan fingerprint density at radius 1 is 1.15 bits per heavy atom. The average molecular weight is 499 g/mol. The van der Waals surface area contributed by atoms with Crippen LogP contribution in [-0.2, 0) is 4.79 Å². The molecule has 1 heterocycles. The predicted octanol–water partition coefficient (Wildman–Crippen LogP) is 5.33. The molecule has 0 aliphatic carbocycles. The van der Waals surface area contributed by atoms with Crippen molar-refractivity contribution >= 4 is 40.1 Å². The summed E-state index contributed by atoms with van der Waals surface area (Å²) in [4.78, 5) is 12.5. The quantitative estimate of drug-likeness (QED) is 0.229. The molecule has 0 unspecified atom stereocenters. The normalized spacial score (nSPS) is 11.1. The first-order valence-electron chi connectivity index (χ1n) is 10.4. The molecule has 8 nitrogen and oxygen atoms in total. The van der Waals surface area contributed by atoms with Crippen LogP contribution in [0.25, 0.3) is 6.08 Å². The van der Waals surface area contributed by atoms with E-state index < -0.39 is 5.91 Å². The second kappa shape index (κ2) is 12.0. The summed E-state index contributed by atoms with van der Waals surface area (Å²) in [6.07, 6.45) is 1.46. The van der Waals surface area contributed by atoms with Gasteiger partial charge in [0.1, 0.15) is 35.6 Å². The lowest BCUT2D eigenvalue weighted by Gasteiger charge is -2.12. The number of hydrogen-bond acceptors (Lipinski definition) is 8. The minimum atomic E-state index is -0.565. The van der Waals surface area contributed by atoms with E-state index in [1.54, 1.807) is 30.3 Å². The van der Waals surface area contributed by atoms with Crippen molar-refractivity contribution in [1.29, 1.82) is 5.26 Å². The monoisotopic (exact) mass is 498 g/mol. The number of anilines is 1. The number of hydrogen-bond donors (Lipinski definition) is 1. The third kappa shape index (κ3) is 6.70. The minimum absolute atomic E-state index is 0.0786.